The minimum atomic E-state index is -0.637. The van der Waals surface area contributed by atoms with Crippen LogP contribution in [0.4, 0.5) is 4.79 Å². The molecule has 3 amide bonds. The van der Waals surface area contributed by atoms with E-state index >= 15 is 0 Å². The van der Waals surface area contributed by atoms with Gasteiger partial charge >= 0.3 is 6.03 Å². The minimum Gasteiger partial charge on any atom is -0.322 e. The molecule has 0 saturated carbocycles. The summed E-state index contributed by atoms with van der Waals surface area (Å²) < 4.78 is 0. The number of imide groups is 1. The molecular formula is C15H16N2O2S. The van der Waals surface area contributed by atoms with Crippen LogP contribution in [0.25, 0.3) is 6.08 Å². The monoisotopic (exact) mass is 288 g/mol. The summed E-state index contributed by atoms with van der Waals surface area (Å²) in [6.45, 7) is 0.325. The van der Waals surface area contributed by atoms with E-state index in [0.29, 0.717) is 12.3 Å². The average Bonchev–Trinajstić information content (AvgIpc) is 3.01. The van der Waals surface area contributed by atoms with Crippen molar-refractivity contribution in [2.24, 2.45) is 0 Å². The number of urea groups is 1. The molecule has 2 aliphatic heterocycles. The highest BCUT2D eigenvalue weighted by atomic mass is 32.2. The molecule has 1 spiro atoms. The molecule has 20 heavy (non-hydrogen) atoms. The Morgan fingerprint density at radius 1 is 1.30 bits per heavy atom. The Morgan fingerprint density at radius 3 is 2.80 bits per heavy atom. The molecule has 0 aliphatic carbocycles. The van der Waals surface area contributed by atoms with Crippen molar-refractivity contribution in [1.82, 2.24) is 10.2 Å². The van der Waals surface area contributed by atoms with Gasteiger partial charge in [-0.05, 0) is 17.7 Å². The van der Waals surface area contributed by atoms with E-state index in [9.17, 15) is 9.59 Å². The number of hydrogen-bond donors (Lipinski definition) is 1. The lowest BCUT2D eigenvalue weighted by Crippen LogP contribution is -2.47. The molecule has 1 atom stereocenters. The fourth-order valence-corrected chi connectivity index (χ4v) is 3.86. The maximum Gasteiger partial charge on any atom is 0.325 e. The maximum absolute atomic E-state index is 12.4. The lowest BCUT2D eigenvalue weighted by Gasteiger charge is -2.18. The van der Waals surface area contributed by atoms with Crippen molar-refractivity contribution >= 4 is 29.8 Å². The second-order valence-corrected chi connectivity index (χ2v) is 6.15. The predicted octanol–water partition coefficient (Wildman–Crippen LogP) is 2.13. The molecular weight excluding hydrogens is 272 g/mol. The molecule has 1 N–H and O–H groups in total. The molecule has 0 unspecified atom stereocenters. The van der Waals surface area contributed by atoms with E-state index < -0.39 is 5.54 Å². The van der Waals surface area contributed by atoms with Gasteiger partial charge in [0.15, 0.2) is 0 Å². The first-order valence-electron chi connectivity index (χ1n) is 6.65. The molecule has 3 rings (SSSR count). The van der Waals surface area contributed by atoms with Gasteiger partial charge in [0.1, 0.15) is 5.54 Å². The fraction of sp³-hybridized carbons (Fsp3) is 0.333. The van der Waals surface area contributed by atoms with Gasteiger partial charge in [0.2, 0.25) is 0 Å². The highest BCUT2D eigenvalue weighted by Crippen LogP contribution is 2.33. The van der Waals surface area contributed by atoms with Crippen molar-refractivity contribution in [3.8, 4) is 0 Å². The molecule has 2 saturated heterocycles. The minimum absolute atomic E-state index is 0.0785. The number of hydrogen-bond acceptors (Lipinski definition) is 3. The van der Waals surface area contributed by atoms with Crippen LogP contribution in [0.3, 0.4) is 0 Å². The van der Waals surface area contributed by atoms with E-state index in [4.69, 9.17) is 0 Å². The van der Waals surface area contributed by atoms with Crippen molar-refractivity contribution in [3.05, 3.63) is 42.0 Å². The van der Waals surface area contributed by atoms with E-state index in [1.54, 1.807) is 11.8 Å². The predicted molar refractivity (Wildman–Crippen MR) is 80.4 cm³/mol. The zero-order chi connectivity index (χ0) is 14.0. The zero-order valence-electron chi connectivity index (χ0n) is 11.0. The third-order valence-electron chi connectivity index (χ3n) is 3.67. The average molecular weight is 288 g/mol. The Labute approximate surface area is 122 Å². The summed E-state index contributed by atoms with van der Waals surface area (Å²) in [7, 11) is 0. The Morgan fingerprint density at radius 2 is 2.10 bits per heavy atom. The molecule has 104 valence electrons. The van der Waals surface area contributed by atoms with E-state index in [2.05, 4.69) is 5.32 Å². The number of rotatable bonds is 3. The van der Waals surface area contributed by atoms with Crippen molar-refractivity contribution in [3.63, 3.8) is 0 Å². The van der Waals surface area contributed by atoms with Gasteiger partial charge in [-0.1, -0.05) is 42.5 Å². The van der Waals surface area contributed by atoms with Gasteiger partial charge in [0.05, 0.1) is 0 Å². The molecule has 1 aromatic carbocycles. The van der Waals surface area contributed by atoms with Crippen molar-refractivity contribution in [2.45, 2.75) is 12.0 Å². The van der Waals surface area contributed by atoms with Crippen LogP contribution in [0.15, 0.2) is 36.4 Å². The Bertz CT molecular complexity index is 550. The fourth-order valence-electron chi connectivity index (χ4n) is 2.53. The van der Waals surface area contributed by atoms with Gasteiger partial charge in [0.25, 0.3) is 5.91 Å². The number of carbonyl (C=O) groups excluding carboxylic acids is 2. The number of amides is 3. The normalized spacial score (nSPS) is 25.9. The van der Waals surface area contributed by atoms with Crippen LogP contribution in [0, 0.1) is 0 Å². The first kappa shape index (κ1) is 13.2. The molecule has 0 bridgehead atoms. The first-order chi connectivity index (χ1) is 9.71. The Kier molecular flexibility index (Phi) is 3.53. The van der Waals surface area contributed by atoms with Gasteiger partial charge in [-0.25, -0.2) is 4.79 Å². The number of thioether (sulfide) groups is 1. The van der Waals surface area contributed by atoms with Crippen LogP contribution in [-0.2, 0) is 4.79 Å². The van der Waals surface area contributed by atoms with Gasteiger partial charge in [0, 0.05) is 12.3 Å². The summed E-state index contributed by atoms with van der Waals surface area (Å²) in [5.74, 6) is 1.54. The van der Waals surface area contributed by atoms with Crippen LogP contribution in [-0.4, -0.2) is 40.4 Å². The summed E-state index contributed by atoms with van der Waals surface area (Å²) in [4.78, 5) is 25.6. The summed E-state index contributed by atoms with van der Waals surface area (Å²) >= 11 is 1.72. The molecule has 0 aromatic heterocycles. The molecule has 1 aromatic rings. The van der Waals surface area contributed by atoms with E-state index in [1.807, 2.05) is 42.5 Å². The lowest BCUT2D eigenvalue weighted by molar-refractivity contribution is -0.130. The first-order valence-corrected chi connectivity index (χ1v) is 7.80. The second-order valence-electron chi connectivity index (χ2n) is 5.04. The number of nitrogens with zero attached hydrogens (tertiary/aromatic N) is 1. The molecule has 0 radical (unpaired) electrons. The third kappa shape index (κ3) is 2.33. The highest BCUT2D eigenvalue weighted by molar-refractivity contribution is 7.99. The largest absolute Gasteiger partial charge is 0.325 e. The number of benzene rings is 1. The lowest BCUT2D eigenvalue weighted by atomic mass is 9.99. The van der Waals surface area contributed by atoms with Crippen molar-refractivity contribution in [2.75, 3.05) is 18.1 Å². The SMILES string of the molecule is O=C1N[C@@]2(CCSC2)C(=O)N1C/C=C/c1ccccc1. The summed E-state index contributed by atoms with van der Waals surface area (Å²) in [6, 6.07) is 9.57. The summed E-state index contributed by atoms with van der Waals surface area (Å²) in [6.07, 6.45) is 4.52. The number of carbonyl (C=O) groups is 2. The zero-order valence-corrected chi connectivity index (χ0v) is 11.9. The van der Waals surface area contributed by atoms with Crippen LogP contribution in [0.1, 0.15) is 12.0 Å². The van der Waals surface area contributed by atoms with Crippen LogP contribution < -0.4 is 5.32 Å². The van der Waals surface area contributed by atoms with Crippen LogP contribution in [0.2, 0.25) is 0 Å². The quantitative estimate of drug-likeness (QED) is 0.867. The Hall–Kier alpha value is -1.75. The molecule has 2 heterocycles. The maximum atomic E-state index is 12.4. The summed E-state index contributed by atoms with van der Waals surface area (Å²) in [5, 5.41) is 2.86. The molecule has 2 aliphatic rings. The van der Waals surface area contributed by atoms with Gasteiger partial charge in [-0.15, -0.1) is 0 Å². The van der Waals surface area contributed by atoms with E-state index in [-0.39, 0.29) is 11.9 Å². The third-order valence-corrected chi connectivity index (χ3v) is 4.86. The van der Waals surface area contributed by atoms with Crippen LogP contribution >= 0.6 is 11.8 Å². The van der Waals surface area contributed by atoms with E-state index in [0.717, 1.165) is 17.7 Å². The molecule has 5 heteroatoms. The molecule has 2 fully saturated rings. The standard InChI is InChI=1S/C15H16N2O2S/c18-13-15(8-10-20-11-15)16-14(19)17(13)9-4-7-12-5-2-1-3-6-12/h1-7H,8-11H2,(H,16,19)/b7-4+/t15-/m1/s1. The topological polar surface area (TPSA) is 49.4 Å². The van der Waals surface area contributed by atoms with Gasteiger partial charge in [-0.3, -0.25) is 9.69 Å². The van der Waals surface area contributed by atoms with Crippen molar-refractivity contribution < 1.29 is 9.59 Å². The van der Waals surface area contributed by atoms with Crippen molar-refractivity contribution in [1.29, 1.82) is 0 Å². The second kappa shape index (κ2) is 5.32. The summed E-state index contributed by atoms with van der Waals surface area (Å²) in [5.41, 5.74) is 0.424. The van der Waals surface area contributed by atoms with Gasteiger partial charge in [-0.2, -0.15) is 11.8 Å². The Balaban J connectivity index is 1.67. The van der Waals surface area contributed by atoms with E-state index in [1.165, 1.54) is 4.90 Å². The molecule has 4 nitrogen and oxygen atoms in total. The number of nitrogens with one attached hydrogen (secondary N) is 1. The smallest absolute Gasteiger partial charge is 0.322 e. The van der Waals surface area contributed by atoms with Gasteiger partial charge < -0.3 is 5.32 Å². The van der Waals surface area contributed by atoms with Crippen LogP contribution in [0.5, 0.6) is 0 Å². The highest BCUT2D eigenvalue weighted by Gasteiger charge is 2.52.